The molecular weight excluding hydrogens is 372 g/mol. The number of aromatic amines is 1. The molecule has 0 spiro atoms. The third kappa shape index (κ3) is 5.96. The van der Waals surface area contributed by atoms with Crippen LogP contribution >= 0.6 is 11.8 Å². The number of thioether (sulfide) groups is 1. The fraction of sp³-hybridized carbons (Fsp3) is 0.235. The third-order valence-corrected chi connectivity index (χ3v) is 4.40. The van der Waals surface area contributed by atoms with Gasteiger partial charge in [0.15, 0.2) is 5.16 Å². The van der Waals surface area contributed by atoms with Crippen molar-refractivity contribution in [3.05, 3.63) is 51.9 Å². The fourth-order valence-corrected chi connectivity index (χ4v) is 2.86. The summed E-state index contributed by atoms with van der Waals surface area (Å²) >= 11 is 1.04. The Morgan fingerprint density at radius 2 is 1.96 bits per heavy atom. The number of nitrogens with two attached hydrogens (primary N) is 1. The number of amides is 2. The van der Waals surface area contributed by atoms with E-state index in [1.54, 1.807) is 19.1 Å². The zero-order valence-corrected chi connectivity index (χ0v) is 15.5. The van der Waals surface area contributed by atoms with E-state index >= 15 is 0 Å². The molecule has 10 heteroatoms. The standard InChI is InChI=1S/C17H18N4O5S/c1-9(16(25)19-11-5-3-10(4-6-11)15(18)24)27-17-20-12(7-13(22)21-17)8-14(23)26-2/h3-7,9H,8H2,1-2H3,(H2,18,24)(H,19,25)(H,20,21,22)/t9-/m0/s1. The van der Waals surface area contributed by atoms with Gasteiger partial charge in [0, 0.05) is 17.3 Å². The minimum Gasteiger partial charge on any atom is -0.469 e. The van der Waals surface area contributed by atoms with Crippen LogP contribution in [0, 0.1) is 0 Å². The van der Waals surface area contributed by atoms with Crippen molar-refractivity contribution < 1.29 is 19.1 Å². The van der Waals surface area contributed by atoms with Crippen LogP contribution in [0.5, 0.6) is 0 Å². The molecule has 0 bridgehead atoms. The monoisotopic (exact) mass is 390 g/mol. The van der Waals surface area contributed by atoms with E-state index in [0.717, 1.165) is 11.8 Å². The first-order valence-electron chi connectivity index (χ1n) is 7.83. The molecule has 27 heavy (non-hydrogen) atoms. The molecule has 2 amide bonds. The average Bonchev–Trinajstić information content (AvgIpc) is 2.61. The lowest BCUT2D eigenvalue weighted by Gasteiger charge is -2.12. The second-order valence-electron chi connectivity index (χ2n) is 5.49. The lowest BCUT2D eigenvalue weighted by Crippen LogP contribution is -2.23. The van der Waals surface area contributed by atoms with Gasteiger partial charge in [0.05, 0.1) is 24.5 Å². The first kappa shape index (κ1) is 20.2. The molecule has 1 atom stereocenters. The number of esters is 1. The van der Waals surface area contributed by atoms with E-state index in [1.807, 2.05) is 0 Å². The van der Waals surface area contributed by atoms with Crippen molar-refractivity contribution in [1.29, 1.82) is 0 Å². The van der Waals surface area contributed by atoms with Gasteiger partial charge in [-0.3, -0.25) is 19.2 Å². The summed E-state index contributed by atoms with van der Waals surface area (Å²) in [7, 11) is 1.24. The quantitative estimate of drug-likeness (QED) is 0.358. The van der Waals surface area contributed by atoms with Crippen LogP contribution in [0.1, 0.15) is 23.0 Å². The van der Waals surface area contributed by atoms with Gasteiger partial charge in [-0.15, -0.1) is 0 Å². The average molecular weight is 390 g/mol. The Labute approximate surface area is 158 Å². The highest BCUT2D eigenvalue weighted by Gasteiger charge is 2.17. The van der Waals surface area contributed by atoms with Gasteiger partial charge < -0.3 is 20.8 Å². The Balaban J connectivity index is 2.04. The smallest absolute Gasteiger partial charge is 0.311 e. The van der Waals surface area contributed by atoms with Crippen molar-refractivity contribution in [3.8, 4) is 0 Å². The summed E-state index contributed by atoms with van der Waals surface area (Å²) in [6.07, 6.45) is -0.138. The Bertz CT molecular complexity index is 910. The number of nitrogens with one attached hydrogen (secondary N) is 2. The molecule has 0 saturated carbocycles. The van der Waals surface area contributed by atoms with E-state index in [-0.39, 0.29) is 23.2 Å². The van der Waals surface area contributed by atoms with Crippen molar-refractivity contribution in [1.82, 2.24) is 9.97 Å². The van der Waals surface area contributed by atoms with E-state index in [2.05, 4.69) is 20.0 Å². The van der Waals surface area contributed by atoms with Crippen molar-refractivity contribution in [2.75, 3.05) is 12.4 Å². The topological polar surface area (TPSA) is 144 Å². The molecule has 9 nitrogen and oxygen atoms in total. The molecule has 0 saturated heterocycles. The fourth-order valence-electron chi connectivity index (χ4n) is 2.03. The van der Waals surface area contributed by atoms with E-state index < -0.39 is 22.7 Å². The predicted octanol–water partition coefficient (Wildman–Crippen LogP) is 0.704. The lowest BCUT2D eigenvalue weighted by molar-refractivity contribution is -0.139. The molecular formula is C17H18N4O5S. The summed E-state index contributed by atoms with van der Waals surface area (Å²) in [4.78, 5) is 53.1. The summed E-state index contributed by atoms with van der Waals surface area (Å²) in [6, 6.07) is 7.33. The van der Waals surface area contributed by atoms with E-state index in [9.17, 15) is 19.2 Å². The molecule has 1 aromatic carbocycles. The zero-order valence-electron chi connectivity index (χ0n) is 14.6. The number of aromatic nitrogens is 2. The summed E-state index contributed by atoms with van der Waals surface area (Å²) in [5.74, 6) is -1.40. The van der Waals surface area contributed by atoms with Gasteiger partial charge in [0.2, 0.25) is 11.8 Å². The maximum Gasteiger partial charge on any atom is 0.311 e. The number of benzene rings is 1. The molecule has 2 rings (SSSR count). The van der Waals surface area contributed by atoms with Gasteiger partial charge in [0.25, 0.3) is 5.56 Å². The number of H-pyrrole nitrogens is 1. The molecule has 0 aliphatic heterocycles. The molecule has 1 heterocycles. The van der Waals surface area contributed by atoms with E-state index in [4.69, 9.17) is 5.73 Å². The van der Waals surface area contributed by atoms with Gasteiger partial charge in [0.1, 0.15) is 0 Å². The largest absolute Gasteiger partial charge is 0.469 e. The summed E-state index contributed by atoms with van der Waals surface area (Å²) < 4.78 is 4.55. The van der Waals surface area contributed by atoms with Crippen LogP contribution in [0.15, 0.2) is 40.3 Å². The van der Waals surface area contributed by atoms with Crippen LogP contribution in [-0.2, 0) is 20.7 Å². The molecule has 2 aromatic rings. The Hall–Kier alpha value is -3.14. The summed E-state index contributed by atoms with van der Waals surface area (Å²) in [5, 5.41) is 2.32. The molecule has 0 unspecified atom stereocenters. The number of primary amides is 1. The van der Waals surface area contributed by atoms with Crippen molar-refractivity contribution in [2.45, 2.75) is 23.8 Å². The number of ether oxygens (including phenoxy) is 1. The van der Waals surface area contributed by atoms with Crippen molar-refractivity contribution in [3.63, 3.8) is 0 Å². The molecule has 0 aliphatic rings. The SMILES string of the molecule is COC(=O)Cc1cc(=O)[nH]c(S[C@@H](C)C(=O)Nc2ccc(C(N)=O)cc2)n1. The number of hydrogen-bond donors (Lipinski definition) is 3. The van der Waals surface area contributed by atoms with Crippen LogP contribution in [0.2, 0.25) is 0 Å². The van der Waals surface area contributed by atoms with E-state index in [0.29, 0.717) is 11.3 Å². The third-order valence-electron chi connectivity index (χ3n) is 3.42. The highest BCUT2D eigenvalue weighted by Crippen LogP contribution is 2.20. The van der Waals surface area contributed by atoms with Crippen molar-refractivity contribution in [2.24, 2.45) is 5.73 Å². The normalized spacial score (nSPS) is 11.5. The first-order chi connectivity index (χ1) is 12.8. The predicted molar refractivity (Wildman–Crippen MR) is 99.5 cm³/mol. The minimum absolute atomic E-state index is 0.138. The van der Waals surface area contributed by atoms with Gasteiger partial charge in [-0.25, -0.2) is 4.98 Å². The maximum absolute atomic E-state index is 12.3. The maximum atomic E-state index is 12.3. The van der Waals surface area contributed by atoms with E-state index in [1.165, 1.54) is 25.3 Å². The molecule has 4 N–H and O–H groups in total. The number of methoxy groups -OCH3 is 1. The second-order valence-corrected chi connectivity index (χ2v) is 6.82. The van der Waals surface area contributed by atoms with Crippen LogP contribution < -0.4 is 16.6 Å². The first-order valence-corrected chi connectivity index (χ1v) is 8.71. The Kier molecular flexibility index (Phi) is 6.72. The second kappa shape index (κ2) is 8.99. The molecule has 0 aliphatic carbocycles. The molecule has 0 fully saturated rings. The summed E-state index contributed by atoms with van der Waals surface area (Å²) in [5.41, 5.74) is 5.82. The number of anilines is 1. The van der Waals surface area contributed by atoms with Gasteiger partial charge in [-0.05, 0) is 31.2 Å². The minimum atomic E-state index is -0.586. The number of nitrogens with zero attached hydrogens (tertiary/aromatic N) is 1. The van der Waals surface area contributed by atoms with Gasteiger partial charge >= 0.3 is 5.97 Å². The van der Waals surface area contributed by atoms with Crippen LogP contribution in [0.25, 0.3) is 0 Å². The number of carbonyl (C=O) groups is 3. The number of hydrogen-bond acceptors (Lipinski definition) is 7. The van der Waals surface area contributed by atoms with Crippen molar-refractivity contribution >= 4 is 35.2 Å². The van der Waals surface area contributed by atoms with Crippen LogP contribution in [0.3, 0.4) is 0 Å². The molecule has 0 radical (unpaired) electrons. The Morgan fingerprint density at radius 1 is 1.30 bits per heavy atom. The lowest BCUT2D eigenvalue weighted by atomic mass is 10.2. The molecule has 142 valence electrons. The van der Waals surface area contributed by atoms with Gasteiger partial charge in [-0.1, -0.05) is 11.8 Å². The highest BCUT2D eigenvalue weighted by molar-refractivity contribution is 8.00. The number of carbonyl (C=O) groups excluding carboxylic acids is 3. The van der Waals surface area contributed by atoms with Gasteiger partial charge in [-0.2, -0.15) is 0 Å². The Morgan fingerprint density at radius 3 is 2.56 bits per heavy atom. The highest BCUT2D eigenvalue weighted by atomic mass is 32.2. The number of rotatable bonds is 7. The molecule has 1 aromatic heterocycles. The van der Waals surface area contributed by atoms with Crippen LogP contribution in [0.4, 0.5) is 5.69 Å². The zero-order chi connectivity index (χ0) is 20.0. The summed E-state index contributed by atoms with van der Waals surface area (Å²) in [6.45, 7) is 1.64. The van der Waals surface area contributed by atoms with Crippen LogP contribution in [-0.4, -0.2) is 40.1 Å².